The number of ether oxygens (including phenoxy) is 4. The zero-order valence-corrected chi connectivity index (χ0v) is 57.3. The Morgan fingerprint density at radius 2 is 1.03 bits per heavy atom. The average molecular weight is 1380 g/mol. The Hall–Kier alpha value is -9.11. The molecule has 2 atom stereocenters. The normalized spacial score (nSPS) is 15.7. The van der Waals surface area contributed by atoms with Crippen LogP contribution in [-0.4, -0.2) is 130 Å². The van der Waals surface area contributed by atoms with E-state index in [-0.39, 0.29) is 59.0 Å². The van der Waals surface area contributed by atoms with Gasteiger partial charge >= 0.3 is 12.2 Å². The first-order valence-corrected chi connectivity index (χ1v) is 35.3. The number of sulfone groups is 2. The second-order valence-electron chi connectivity index (χ2n) is 25.9. The number of carbonyl (C=O) groups excluding carboxylic acids is 2. The van der Waals surface area contributed by atoms with Crippen LogP contribution in [0.1, 0.15) is 116 Å². The molecule has 0 bridgehead atoms. The number of fused-ring (bicyclic) bond motifs is 2. The maximum atomic E-state index is 15.1. The molecule has 0 aliphatic carbocycles. The number of hydrogen-bond donors (Lipinski definition) is 2. The van der Waals surface area contributed by atoms with Crippen molar-refractivity contribution in [2.45, 2.75) is 148 Å². The van der Waals surface area contributed by atoms with E-state index in [9.17, 15) is 39.6 Å². The van der Waals surface area contributed by atoms with Crippen molar-refractivity contribution in [1.82, 2.24) is 39.7 Å². The molecule has 2 amide bonds. The number of benzene rings is 4. The lowest BCUT2D eigenvalue weighted by Gasteiger charge is -2.34. The minimum Gasteiger partial charge on any atom is -0.444 e. The molecule has 2 aliphatic rings. The van der Waals surface area contributed by atoms with E-state index in [0.717, 1.165) is 31.7 Å². The standard InChI is InChI=1S/C35H40F3N5O5S.C35H39F2N5O5S/c1-6-35(37,38)21-49(45,46)20-27-24-12-11-22(2)30(25(24)13-14-28(27)36)47-31-26(10-7-16-39-31)29-15-17-40-32(42-29)41-23-9-8-18-43(19-23)33(44)48-34(3,4)5;1-6-23(36)20-48(44,45)21-28-25-12-11-22(2)31(26(25)13-14-29(28)37)46-32-27(10-7-16-38-32)30-15-17-39-33(41-30)40-24-9-8-18-42(19-24)34(43)47-35(3,4)5/h7,10-17,23H,6,8-9,18-21H2,1-5H3,(H,40,41,42);7,10-17,20,24H,6,8-9,18-19,21H2,1-5H3,(H,39,40,41)/b;23-20-/t23-;24-/m00/s1. The quantitative estimate of drug-likeness (QED) is 0.0714. The van der Waals surface area contributed by atoms with Crippen molar-refractivity contribution in [3.05, 3.63) is 155 Å². The summed E-state index contributed by atoms with van der Waals surface area (Å²) >= 11 is 0. The van der Waals surface area contributed by atoms with Gasteiger partial charge in [0.25, 0.3) is 5.92 Å². The van der Waals surface area contributed by atoms with Crippen molar-refractivity contribution < 1.29 is 67.3 Å². The summed E-state index contributed by atoms with van der Waals surface area (Å²) in [5, 5.41) is 8.62. The van der Waals surface area contributed by atoms with Gasteiger partial charge in [0.05, 0.1) is 39.4 Å². The maximum absolute atomic E-state index is 15.1. The molecule has 4 aromatic carbocycles. The van der Waals surface area contributed by atoms with E-state index in [2.05, 4.69) is 30.6 Å². The predicted octanol–water partition coefficient (Wildman–Crippen LogP) is 15.6. The Bertz CT molecular complexity index is 4480. The third kappa shape index (κ3) is 19.1. The fourth-order valence-corrected chi connectivity index (χ4v) is 14.1. The summed E-state index contributed by atoms with van der Waals surface area (Å²) in [4.78, 5) is 55.8. The van der Waals surface area contributed by atoms with Crippen LogP contribution in [-0.2, 0) is 40.7 Å². The lowest BCUT2D eigenvalue weighted by atomic mass is 10.0. The summed E-state index contributed by atoms with van der Waals surface area (Å²) in [6, 6.07) is 22.1. The maximum Gasteiger partial charge on any atom is 0.410 e. The number of nitrogens with one attached hydrogen (secondary N) is 2. The van der Waals surface area contributed by atoms with Crippen molar-refractivity contribution in [3.8, 4) is 45.8 Å². The van der Waals surface area contributed by atoms with E-state index < -0.39 is 77.9 Å². The van der Waals surface area contributed by atoms with Crippen molar-refractivity contribution in [1.29, 1.82) is 0 Å². The number of amides is 2. The third-order valence-corrected chi connectivity index (χ3v) is 18.6. The molecule has 20 nitrogen and oxygen atoms in total. The number of likely N-dealkylation sites (tertiary alicyclic amines) is 2. The first-order valence-electron chi connectivity index (χ1n) is 31.8. The van der Waals surface area contributed by atoms with Gasteiger partial charge in [-0.15, -0.1) is 0 Å². The molecular weight excluding hydrogens is 1300 g/mol. The van der Waals surface area contributed by atoms with Gasteiger partial charge in [-0.2, -0.15) is 0 Å². The number of allylic oxidation sites excluding steroid dienone is 1. The summed E-state index contributed by atoms with van der Waals surface area (Å²) in [6.07, 6.45) is 8.06. The van der Waals surface area contributed by atoms with Crippen molar-refractivity contribution in [2.75, 3.05) is 42.6 Å². The fourth-order valence-electron chi connectivity index (χ4n) is 11.0. The molecule has 516 valence electrons. The molecule has 2 aliphatic heterocycles. The molecule has 10 rings (SSSR count). The molecule has 27 heteroatoms. The SMILES string of the molecule is CC/C(F)=C/S(=O)(=O)Cc1c(F)ccc2c(Oc3ncccc3-c3ccnc(N[C@H]4CCCN(C(=O)OC(C)(C)C)C4)n3)c(C)ccc12.CCC(F)(F)CS(=O)(=O)Cc1c(F)ccc2c(Oc3ncccc3-c3ccnc(N[C@H]4CCCN(C(=O)OC(C)(C)C)C4)n3)c(C)ccc12. The lowest BCUT2D eigenvalue weighted by molar-refractivity contribution is 0.0196. The van der Waals surface area contributed by atoms with Crippen LogP contribution in [0, 0.1) is 25.5 Å². The Labute approximate surface area is 561 Å². The highest BCUT2D eigenvalue weighted by Crippen LogP contribution is 2.41. The first-order chi connectivity index (χ1) is 45.8. The van der Waals surface area contributed by atoms with E-state index in [1.54, 1.807) is 102 Å². The number of anilines is 2. The van der Waals surface area contributed by atoms with Crippen LogP contribution in [0.5, 0.6) is 23.3 Å². The molecule has 4 aromatic heterocycles. The summed E-state index contributed by atoms with van der Waals surface area (Å²) in [5.74, 6) is -6.98. The second kappa shape index (κ2) is 30.1. The number of halogens is 5. The molecular formula is C70H79F5N10O10S2. The number of aromatic nitrogens is 6. The highest BCUT2D eigenvalue weighted by Gasteiger charge is 2.35. The minimum atomic E-state index is -4.36. The number of alkyl halides is 2. The zero-order chi connectivity index (χ0) is 70.2. The molecule has 2 N–H and O–H groups in total. The highest BCUT2D eigenvalue weighted by molar-refractivity contribution is 7.93. The third-order valence-electron chi connectivity index (χ3n) is 15.7. The van der Waals surface area contributed by atoms with Crippen LogP contribution >= 0.6 is 0 Å². The van der Waals surface area contributed by atoms with Gasteiger partial charge in [0.2, 0.25) is 23.7 Å². The van der Waals surface area contributed by atoms with Crippen LogP contribution < -0.4 is 20.1 Å². The zero-order valence-electron chi connectivity index (χ0n) is 55.7. The number of nitrogens with zero attached hydrogens (tertiary/aromatic N) is 8. The van der Waals surface area contributed by atoms with Crippen LogP contribution in [0.25, 0.3) is 44.1 Å². The van der Waals surface area contributed by atoms with E-state index in [1.165, 1.54) is 32.0 Å². The number of piperidine rings is 2. The van der Waals surface area contributed by atoms with Crippen LogP contribution in [0.2, 0.25) is 0 Å². The van der Waals surface area contributed by atoms with Gasteiger partial charge in [-0.05, 0) is 170 Å². The van der Waals surface area contributed by atoms with Gasteiger partial charge < -0.3 is 39.4 Å². The number of pyridine rings is 2. The molecule has 0 saturated carbocycles. The largest absolute Gasteiger partial charge is 0.444 e. The van der Waals surface area contributed by atoms with E-state index in [1.807, 2.05) is 48.5 Å². The number of rotatable bonds is 19. The number of carbonyl (C=O) groups is 2. The second-order valence-corrected chi connectivity index (χ2v) is 29.8. The topological polar surface area (TPSA) is 247 Å². The molecule has 6 heterocycles. The van der Waals surface area contributed by atoms with E-state index >= 15 is 8.78 Å². The molecule has 97 heavy (non-hydrogen) atoms. The predicted molar refractivity (Wildman–Crippen MR) is 362 cm³/mol. The highest BCUT2D eigenvalue weighted by atomic mass is 32.2. The molecule has 0 spiro atoms. The lowest BCUT2D eigenvalue weighted by Crippen LogP contribution is -2.47. The van der Waals surface area contributed by atoms with Gasteiger partial charge in [-0.3, -0.25) is 0 Å². The summed E-state index contributed by atoms with van der Waals surface area (Å²) in [7, 11) is -8.45. The number of aryl methyl sites for hydroxylation is 2. The first kappa shape index (κ1) is 72.2. The summed E-state index contributed by atoms with van der Waals surface area (Å²) in [6.45, 7) is 19.3. The van der Waals surface area contributed by atoms with Gasteiger partial charge in [0.1, 0.15) is 45.9 Å². The van der Waals surface area contributed by atoms with Gasteiger partial charge in [0.15, 0.2) is 19.7 Å². The molecule has 0 radical (unpaired) electrons. The molecule has 2 fully saturated rings. The monoisotopic (exact) mass is 1380 g/mol. The van der Waals surface area contributed by atoms with Crippen LogP contribution in [0.15, 0.2) is 121 Å². The fraction of sp³-hybridized carbons (Fsp3) is 0.400. The molecule has 2 saturated heterocycles. The molecule has 8 aromatic rings. The Kier molecular flexibility index (Phi) is 22.4. The van der Waals surface area contributed by atoms with Crippen molar-refractivity contribution in [2.24, 2.45) is 0 Å². The van der Waals surface area contributed by atoms with E-state index in [4.69, 9.17) is 28.9 Å². The van der Waals surface area contributed by atoms with Gasteiger partial charge in [-0.25, -0.2) is 78.3 Å². The minimum absolute atomic E-state index is 0.0850. The Morgan fingerprint density at radius 1 is 0.598 bits per heavy atom. The summed E-state index contributed by atoms with van der Waals surface area (Å²) < 4.78 is 147. The summed E-state index contributed by atoms with van der Waals surface area (Å²) in [5.41, 5.74) is 1.97. The Morgan fingerprint density at radius 3 is 1.45 bits per heavy atom. The average Bonchev–Trinajstić information content (AvgIpc) is 0.785. The van der Waals surface area contributed by atoms with Crippen LogP contribution in [0.4, 0.5) is 43.4 Å². The van der Waals surface area contributed by atoms with Crippen molar-refractivity contribution >= 4 is 65.3 Å². The molecule has 0 unspecified atom stereocenters. The number of hydrogen-bond acceptors (Lipinski definition) is 18. The van der Waals surface area contributed by atoms with E-state index in [0.29, 0.717) is 105 Å². The van der Waals surface area contributed by atoms with Crippen molar-refractivity contribution in [3.63, 3.8) is 0 Å². The van der Waals surface area contributed by atoms with Gasteiger partial charge in [-0.1, -0.05) is 38.1 Å². The van der Waals surface area contributed by atoms with Gasteiger partial charge in [0, 0.05) is 91.4 Å². The van der Waals surface area contributed by atoms with Crippen LogP contribution in [0.3, 0.4) is 0 Å². The Balaban J connectivity index is 0.000000227. The smallest absolute Gasteiger partial charge is 0.410 e.